The second kappa shape index (κ2) is 4.27. The summed E-state index contributed by atoms with van der Waals surface area (Å²) in [6, 6.07) is 8.55. The van der Waals surface area contributed by atoms with E-state index in [1.165, 1.54) is 6.07 Å². The molecular formula is C11H10BF3NO-. The van der Waals surface area contributed by atoms with Gasteiger partial charge in [0.1, 0.15) is 11.3 Å². The standard InChI is InChI=1S/C11H10BF3NO/c1-8-5-6-9-3-2-4-10(11(9)16-8)17-7-12(13,14)15/h2-6H,7H2,1H3/q-1. The van der Waals surface area contributed by atoms with Gasteiger partial charge in [0.2, 0.25) is 0 Å². The highest BCUT2D eigenvalue weighted by Crippen LogP contribution is 2.25. The molecule has 0 aliphatic rings. The summed E-state index contributed by atoms with van der Waals surface area (Å²) in [5, 5.41) is 0.766. The maximum absolute atomic E-state index is 12.1. The zero-order valence-corrected chi connectivity index (χ0v) is 9.16. The van der Waals surface area contributed by atoms with E-state index < -0.39 is 13.5 Å². The maximum Gasteiger partial charge on any atom is 0.515 e. The predicted molar refractivity (Wildman–Crippen MR) is 61.1 cm³/mol. The average molecular weight is 240 g/mol. The zero-order chi connectivity index (χ0) is 12.5. The smallest absolute Gasteiger partial charge is 0.515 e. The Kier molecular flexibility index (Phi) is 2.96. The van der Waals surface area contributed by atoms with Crippen molar-refractivity contribution in [2.45, 2.75) is 6.92 Å². The molecular weight excluding hydrogens is 230 g/mol. The molecule has 2 nitrogen and oxygen atoms in total. The molecule has 0 unspecified atom stereocenters. The molecule has 6 heteroatoms. The Labute approximate surface area is 96.5 Å². The van der Waals surface area contributed by atoms with Crippen LogP contribution in [0, 0.1) is 6.92 Å². The first-order valence-electron chi connectivity index (χ1n) is 5.16. The Morgan fingerprint density at radius 1 is 1.18 bits per heavy atom. The summed E-state index contributed by atoms with van der Waals surface area (Å²) in [6.45, 7) is -4.41. The molecule has 0 amide bonds. The number of benzene rings is 1. The first-order chi connectivity index (χ1) is 7.96. The van der Waals surface area contributed by atoms with Crippen LogP contribution in [0.2, 0.25) is 0 Å². The molecule has 0 radical (unpaired) electrons. The number of rotatable bonds is 3. The first kappa shape index (κ1) is 11.8. The summed E-state index contributed by atoms with van der Waals surface area (Å²) in [5.74, 6) is 0.172. The van der Waals surface area contributed by atoms with E-state index in [0.717, 1.165) is 11.1 Å². The maximum atomic E-state index is 12.1. The number of fused-ring (bicyclic) bond motifs is 1. The molecule has 0 atom stereocenters. The van der Waals surface area contributed by atoms with Gasteiger partial charge < -0.3 is 17.7 Å². The van der Waals surface area contributed by atoms with Crippen LogP contribution < -0.4 is 4.74 Å². The van der Waals surface area contributed by atoms with Gasteiger partial charge in [-0.1, -0.05) is 18.2 Å². The van der Waals surface area contributed by atoms with Crippen molar-refractivity contribution >= 4 is 17.9 Å². The van der Waals surface area contributed by atoms with Crippen LogP contribution in [-0.2, 0) is 0 Å². The number of ether oxygens (including phenoxy) is 1. The highest BCUT2D eigenvalue weighted by molar-refractivity contribution is 6.58. The molecule has 0 aliphatic heterocycles. The topological polar surface area (TPSA) is 22.1 Å². The largest absolute Gasteiger partial charge is 0.520 e. The van der Waals surface area contributed by atoms with Crippen LogP contribution in [0.3, 0.4) is 0 Å². The average Bonchev–Trinajstić information content (AvgIpc) is 2.25. The summed E-state index contributed by atoms with van der Waals surface area (Å²) < 4.78 is 41.2. The Hall–Kier alpha value is -1.72. The number of aromatic nitrogens is 1. The fourth-order valence-electron chi connectivity index (χ4n) is 1.52. The van der Waals surface area contributed by atoms with E-state index in [0.29, 0.717) is 5.52 Å². The highest BCUT2D eigenvalue weighted by Gasteiger charge is 2.24. The lowest BCUT2D eigenvalue weighted by atomic mass is 9.95. The third kappa shape index (κ3) is 2.90. The molecule has 1 aromatic carbocycles. The predicted octanol–water partition coefficient (Wildman–Crippen LogP) is 3.31. The minimum Gasteiger partial charge on any atom is -0.520 e. The number of hydrogen-bond acceptors (Lipinski definition) is 2. The van der Waals surface area contributed by atoms with Gasteiger partial charge in [0.05, 0.1) is 6.51 Å². The molecule has 1 heterocycles. The molecule has 1 aromatic heterocycles. The molecule has 90 valence electrons. The second-order valence-corrected chi connectivity index (χ2v) is 3.80. The molecule has 0 fully saturated rings. The number of nitrogens with zero attached hydrogens (tertiary/aromatic N) is 1. The van der Waals surface area contributed by atoms with E-state index in [1.54, 1.807) is 25.1 Å². The molecule has 0 saturated heterocycles. The van der Waals surface area contributed by atoms with Crippen molar-refractivity contribution in [3.63, 3.8) is 0 Å². The molecule has 0 bridgehead atoms. The van der Waals surface area contributed by atoms with Gasteiger partial charge in [-0.2, -0.15) is 0 Å². The van der Waals surface area contributed by atoms with Gasteiger partial charge in [-0.15, -0.1) is 0 Å². The van der Waals surface area contributed by atoms with Gasteiger partial charge in [0.15, 0.2) is 0 Å². The van der Waals surface area contributed by atoms with E-state index in [2.05, 4.69) is 4.98 Å². The van der Waals surface area contributed by atoms with Gasteiger partial charge in [0.25, 0.3) is 0 Å². The number of hydrogen-bond donors (Lipinski definition) is 0. The highest BCUT2D eigenvalue weighted by atomic mass is 19.4. The normalized spacial score (nSPS) is 11.8. The van der Waals surface area contributed by atoms with E-state index in [9.17, 15) is 12.9 Å². The van der Waals surface area contributed by atoms with Crippen LogP contribution in [0.15, 0.2) is 30.3 Å². The van der Waals surface area contributed by atoms with E-state index >= 15 is 0 Å². The van der Waals surface area contributed by atoms with Crippen molar-refractivity contribution in [3.05, 3.63) is 36.0 Å². The Balaban J connectivity index is 2.36. The lowest BCUT2D eigenvalue weighted by molar-refractivity contribution is 0.315. The van der Waals surface area contributed by atoms with Crippen molar-refractivity contribution in [1.82, 2.24) is 4.98 Å². The number of para-hydroxylation sites is 1. The van der Waals surface area contributed by atoms with Crippen LogP contribution in [0.1, 0.15) is 5.69 Å². The molecule has 2 aromatic rings. The van der Waals surface area contributed by atoms with E-state index in [1.807, 2.05) is 6.07 Å². The number of pyridine rings is 1. The van der Waals surface area contributed by atoms with Gasteiger partial charge in [-0.3, -0.25) is 0 Å². The monoisotopic (exact) mass is 240 g/mol. The molecule has 17 heavy (non-hydrogen) atoms. The molecule has 0 N–H and O–H groups in total. The quantitative estimate of drug-likeness (QED) is 0.767. The fraction of sp³-hybridized carbons (Fsp3) is 0.182. The van der Waals surface area contributed by atoms with Gasteiger partial charge >= 0.3 is 6.98 Å². The van der Waals surface area contributed by atoms with Crippen molar-refractivity contribution < 1.29 is 17.7 Å². The fourth-order valence-corrected chi connectivity index (χ4v) is 1.52. The number of halogens is 3. The van der Waals surface area contributed by atoms with Gasteiger partial charge in [0, 0.05) is 11.1 Å². The minimum absolute atomic E-state index is 0.172. The van der Waals surface area contributed by atoms with Gasteiger partial charge in [-0.05, 0) is 19.1 Å². The third-order valence-electron chi connectivity index (χ3n) is 2.25. The molecule has 0 saturated carbocycles. The second-order valence-electron chi connectivity index (χ2n) is 3.80. The van der Waals surface area contributed by atoms with E-state index in [-0.39, 0.29) is 5.75 Å². The Bertz CT molecular complexity index is 542. The third-order valence-corrected chi connectivity index (χ3v) is 2.25. The van der Waals surface area contributed by atoms with Crippen molar-refractivity contribution in [2.75, 3.05) is 6.51 Å². The van der Waals surface area contributed by atoms with Crippen LogP contribution in [-0.4, -0.2) is 18.5 Å². The summed E-state index contributed by atoms with van der Waals surface area (Å²) in [5.41, 5.74) is 1.21. The zero-order valence-electron chi connectivity index (χ0n) is 9.16. The first-order valence-corrected chi connectivity index (χ1v) is 5.16. The van der Waals surface area contributed by atoms with Crippen LogP contribution in [0.25, 0.3) is 10.9 Å². The van der Waals surface area contributed by atoms with Crippen LogP contribution in [0.5, 0.6) is 5.75 Å². The lowest BCUT2D eigenvalue weighted by Crippen LogP contribution is -2.26. The van der Waals surface area contributed by atoms with Crippen molar-refractivity contribution in [1.29, 1.82) is 0 Å². The van der Waals surface area contributed by atoms with Crippen molar-refractivity contribution in [2.24, 2.45) is 0 Å². The molecule has 0 spiro atoms. The minimum atomic E-state index is -4.95. The van der Waals surface area contributed by atoms with E-state index in [4.69, 9.17) is 4.74 Å². The Morgan fingerprint density at radius 3 is 2.65 bits per heavy atom. The summed E-state index contributed by atoms with van der Waals surface area (Å²) in [7, 11) is 0. The summed E-state index contributed by atoms with van der Waals surface area (Å²) in [4.78, 5) is 4.19. The number of aryl methyl sites for hydroxylation is 1. The van der Waals surface area contributed by atoms with Crippen LogP contribution >= 0.6 is 0 Å². The summed E-state index contributed by atoms with van der Waals surface area (Å²) in [6.07, 6.45) is 0. The lowest BCUT2D eigenvalue weighted by Gasteiger charge is -2.16. The SMILES string of the molecule is Cc1ccc2cccc(OC[B-](F)(F)F)c2n1. The Morgan fingerprint density at radius 2 is 1.94 bits per heavy atom. The van der Waals surface area contributed by atoms with Gasteiger partial charge in [-0.25, -0.2) is 4.98 Å². The van der Waals surface area contributed by atoms with Crippen molar-refractivity contribution in [3.8, 4) is 5.75 Å². The summed E-state index contributed by atoms with van der Waals surface area (Å²) >= 11 is 0. The molecule has 0 aliphatic carbocycles. The molecule has 2 rings (SSSR count). The van der Waals surface area contributed by atoms with Crippen LogP contribution in [0.4, 0.5) is 12.9 Å².